The highest BCUT2D eigenvalue weighted by Gasteiger charge is 2.32. The molecule has 2 heterocycles. The Morgan fingerprint density at radius 2 is 1.85 bits per heavy atom. The van der Waals surface area contributed by atoms with Gasteiger partial charge < -0.3 is 10.1 Å². The van der Waals surface area contributed by atoms with E-state index in [4.69, 9.17) is 4.74 Å². The monoisotopic (exact) mass is 538 g/mol. The summed E-state index contributed by atoms with van der Waals surface area (Å²) >= 11 is 0. The number of carbonyl (C=O) groups is 2. The van der Waals surface area contributed by atoms with Crippen LogP contribution >= 0.6 is 0 Å². The molecule has 4 rings (SSSR count). The maximum Gasteiger partial charge on any atom is 0.264 e. The first-order valence-electron chi connectivity index (χ1n) is 15.0. The van der Waals surface area contributed by atoms with E-state index in [0.717, 1.165) is 44.0 Å². The number of nitrogens with zero attached hydrogens (tertiary/aromatic N) is 2. The summed E-state index contributed by atoms with van der Waals surface area (Å²) in [4.78, 5) is 42.2. The number of amides is 2. The summed E-state index contributed by atoms with van der Waals surface area (Å²) in [5.41, 5.74) is 1.10. The van der Waals surface area contributed by atoms with Crippen molar-refractivity contribution in [3.63, 3.8) is 0 Å². The second-order valence-corrected chi connectivity index (χ2v) is 11.9. The molecule has 1 aliphatic carbocycles. The second kappa shape index (κ2) is 13.6. The first-order chi connectivity index (χ1) is 18.8. The first-order valence-corrected chi connectivity index (χ1v) is 15.0. The molecule has 1 aromatic carbocycles. The van der Waals surface area contributed by atoms with Crippen LogP contribution in [0.15, 0.2) is 23.0 Å². The summed E-state index contributed by atoms with van der Waals surface area (Å²) in [6.07, 6.45) is 10.3. The van der Waals surface area contributed by atoms with Gasteiger partial charge in [0.1, 0.15) is 11.9 Å². The fourth-order valence-corrected chi connectivity index (χ4v) is 6.32. The number of aryl methyl sites for hydroxylation is 1. The molecular formula is C31H46N4O4. The lowest BCUT2D eigenvalue weighted by atomic mass is 9.75. The highest BCUT2D eigenvalue weighted by molar-refractivity contribution is 5.99. The van der Waals surface area contributed by atoms with Crippen LogP contribution in [0.25, 0.3) is 10.9 Å². The molecule has 8 heteroatoms. The number of carbonyl (C=O) groups excluding carboxylic acids is 2. The van der Waals surface area contributed by atoms with Gasteiger partial charge in [0.05, 0.1) is 17.0 Å². The Bertz CT molecular complexity index is 1210. The van der Waals surface area contributed by atoms with Crippen molar-refractivity contribution >= 4 is 28.4 Å². The number of benzene rings is 1. The SMILES string of the molecule is Cc1nc2cccc(NCCCCCCCOC3CC(C)CCC3C(C)C)c2c(=O)n1C1CCC(=O)NC1=O. The fraction of sp³-hybridized carbons (Fsp3) is 0.677. The largest absolute Gasteiger partial charge is 0.384 e. The molecule has 4 atom stereocenters. The van der Waals surface area contributed by atoms with Crippen LogP contribution in [-0.4, -0.2) is 40.6 Å². The topological polar surface area (TPSA) is 102 Å². The van der Waals surface area contributed by atoms with Crippen molar-refractivity contribution in [2.45, 2.75) is 104 Å². The molecule has 2 aromatic rings. The molecule has 0 radical (unpaired) electrons. The molecule has 2 N–H and O–H groups in total. The minimum Gasteiger partial charge on any atom is -0.384 e. The predicted molar refractivity (Wildman–Crippen MR) is 155 cm³/mol. The first kappa shape index (κ1) is 29.2. The van der Waals surface area contributed by atoms with E-state index in [-0.39, 0.29) is 17.9 Å². The van der Waals surface area contributed by atoms with Crippen molar-refractivity contribution < 1.29 is 14.3 Å². The molecule has 0 spiro atoms. The Morgan fingerprint density at radius 3 is 2.62 bits per heavy atom. The summed E-state index contributed by atoms with van der Waals surface area (Å²) in [5.74, 6) is 1.90. The van der Waals surface area contributed by atoms with E-state index in [9.17, 15) is 14.4 Å². The summed E-state index contributed by atoms with van der Waals surface area (Å²) in [7, 11) is 0. The summed E-state index contributed by atoms with van der Waals surface area (Å²) in [6.45, 7) is 10.4. The lowest BCUT2D eigenvalue weighted by Crippen LogP contribution is -2.45. The molecule has 4 unspecified atom stereocenters. The highest BCUT2D eigenvalue weighted by atomic mass is 16.5. The molecule has 1 saturated heterocycles. The van der Waals surface area contributed by atoms with Crippen molar-refractivity contribution in [1.29, 1.82) is 0 Å². The predicted octanol–water partition coefficient (Wildman–Crippen LogP) is 5.52. The summed E-state index contributed by atoms with van der Waals surface area (Å²) < 4.78 is 7.79. The van der Waals surface area contributed by atoms with Crippen LogP contribution in [0.2, 0.25) is 0 Å². The van der Waals surface area contributed by atoms with Crippen molar-refractivity contribution in [1.82, 2.24) is 14.9 Å². The van der Waals surface area contributed by atoms with Gasteiger partial charge in [-0.3, -0.25) is 24.3 Å². The van der Waals surface area contributed by atoms with E-state index in [0.29, 0.717) is 41.1 Å². The van der Waals surface area contributed by atoms with E-state index < -0.39 is 11.9 Å². The molecule has 214 valence electrons. The van der Waals surface area contributed by atoms with Crippen LogP contribution in [0, 0.1) is 24.7 Å². The smallest absolute Gasteiger partial charge is 0.264 e. The third kappa shape index (κ3) is 7.27. The number of fused-ring (bicyclic) bond motifs is 1. The zero-order valence-electron chi connectivity index (χ0n) is 24.1. The quantitative estimate of drug-likeness (QED) is 0.272. The number of piperidine rings is 1. The Morgan fingerprint density at radius 1 is 1.08 bits per heavy atom. The van der Waals surface area contributed by atoms with Crippen LogP contribution in [-0.2, 0) is 14.3 Å². The van der Waals surface area contributed by atoms with Crippen LogP contribution < -0.4 is 16.2 Å². The van der Waals surface area contributed by atoms with E-state index in [1.807, 2.05) is 18.2 Å². The number of nitrogens with one attached hydrogen (secondary N) is 2. The molecule has 39 heavy (non-hydrogen) atoms. The molecule has 0 bridgehead atoms. The van der Waals surface area contributed by atoms with Gasteiger partial charge in [0.15, 0.2) is 0 Å². The van der Waals surface area contributed by atoms with E-state index >= 15 is 0 Å². The van der Waals surface area contributed by atoms with Crippen molar-refractivity contribution in [3.05, 3.63) is 34.4 Å². The molecular weight excluding hydrogens is 492 g/mol. The van der Waals surface area contributed by atoms with Gasteiger partial charge >= 0.3 is 0 Å². The number of anilines is 1. The Hall–Kier alpha value is -2.74. The van der Waals surface area contributed by atoms with Crippen molar-refractivity contribution in [2.24, 2.45) is 17.8 Å². The normalized spacial score (nSPS) is 23.8. The van der Waals surface area contributed by atoms with Gasteiger partial charge in [-0.15, -0.1) is 0 Å². The average molecular weight is 539 g/mol. The molecule has 1 saturated carbocycles. The Balaban J connectivity index is 1.24. The minimum absolute atomic E-state index is 0.213. The second-order valence-electron chi connectivity index (χ2n) is 11.9. The zero-order valence-corrected chi connectivity index (χ0v) is 24.1. The van der Waals surface area contributed by atoms with Gasteiger partial charge in [-0.05, 0) is 68.9 Å². The van der Waals surface area contributed by atoms with E-state index in [1.165, 1.54) is 36.7 Å². The third-order valence-electron chi connectivity index (χ3n) is 8.56. The van der Waals surface area contributed by atoms with Crippen LogP contribution in [0.4, 0.5) is 5.69 Å². The zero-order chi connectivity index (χ0) is 27.9. The highest BCUT2D eigenvalue weighted by Crippen LogP contribution is 2.35. The lowest BCUT2D eigenvalue weighted by Gasteiger charge is -2.37. The van der Waals surface area contributed by atoms with Crippen LogP contribution in [0.5, 0.6) is 0 Å². The van der Waals surface area contributed by atoms with Gasteiger partial charge in [0.2, 0.25) is 11.8 Å². The molecule has 1 aliphatic heterocycles. The van der Waals surface area contributed by atoms with Crippen molar-refractivity contribution in [3.8, 4) is 0 Å². The number of imide groups is 1. The Kier molecular flexibility index (Phi) is 10.2. The average Bonchev–Trinajstić information content (AvgIpc) is 2.88. The number of hydrogen-bond donors (Lipinski definition) is 2. The standard InChI is InChI=1S/C31H46N4O4/c1-20(2)23-14-13-21(3)19-27(23)39-18-9-7-5-6-8-17-32-24-11-10-12-25-29(24)31(38)35(22(4)33-25)26-15-16-28(36)34-30(26)37/h10-12,20-21,23,26-27,32H,5-9,13-19H2,1-4H3,(H,34,36,37). The lowest BCUT2D eigenvalue weighted by molar-refractivity contribution is -0.135. The summed E-state index contributed by atoms with van der Waals surface area (Å²) in [5, 5.41) is 6.26. The number of aromatic nitrogens is 2. The van der Waals surface area contributed by atoms with E-state index in [1.54, 1.807) is 6.92 Å². The number of ether oxygens (including phenoxy) is 1. The molecule has 2 aliphatic rings. The van der Waals surface area contributed by atoms with Gasteiger partial charge in [-0.2, -0.15) is 0 Å². The van der Waals surface area contributed by atoms with Crippen LogP contribution in [0.1, 0.15) is 96.8 Å². The maximum atomic E-state index is 13.5. The number of rotatable bonds is 12. The summed E-state index contributed by atoms with van der Waals surface area (Å²) in [6, 6.07) is 4.89. The maximum absolute atomic E-state index is 13.5. The van der Waals surface area contributed by atoms with Gasteiger partial charge in [0, 0.05) is 25.3 Å². The van der Waals surface area contributed by atoms with Gasteiger partial charge in [-0.25, -0.2) is 4.98 Å². The molecule has 2 amide bonds. The van der Waals surface area contributed by atoms with Gasteiger partial charge in [-0.1, -0.05) is 52.5 Å². The fourth-order valence-electron chi connectivity index (χ4n) is 6.32. The minimum atomic E-state index is -0.720. The molecule has 2 fully saturated rings. The number of unbranched alkanes of at least 4 members (excludes halogenated alkanes) is 4. The van der Waals surface area contributed by atoms with Gasteiger partial charge in [0.25, 0.3) is 5.56 Å². The van der Waals surface area contributed by atoms with Crippen LogP contribution in [0.3, 0.4) is 0 Å². The Labute approximate surface area is 232 Å². The molecule has 8 nitrogen and oxygen atoms in total. The van der Waals surface area contributed by atoms with E-state index in [2.05, 4.69) is 36.4 Å². The van der Waals surface area contributed by atoms with Crippen molar-refractivity contribution in [2.75, 3.05) is 18.5 Å². The third-order valence-corrected chi connectivity index (χ3v) is 8.56. The molecule has 1 aromatic heterocycles. The number of hydrogen-bond acceptors (Lipinski definition) is 6.